The van der Waals surface area contributed by atoms with E-state index in [1.807, 2.05) is 6.92 Å². The van der Waals surface area contributed by atoms with E-state index in [4.69, 9.17) is 16.3 Å². The first-order valence-electron chi connectivity index (χ1n) is 11.6. The summed E-state index contributed by atoms with van der Waals surface area (Å²) in [5.74, 6) is 0.383. The second-order valence-corrected chi connectivity index (χ2v) is 9.32. The van der Waals surface area contributed by atoms with E-state index in [0.29, 0.717) is 35.2 Å². The molecular weight excluding hydrogens is 436 g/mol. The van der Waals surface area contributed by atoms with Crippen LogP contribution in [0.1, 0.15) is 55.9 Å². The number of fused-ring (bicyclic) bond motifs is 1. The van der Waals surface area contributed by atoms with Gasteiger partial charge in [-0.15, -0.1) is 0 Å². The minimum atomic E-state index is -0.138. The fraction of sp³-hybridized carbons (Fsp3) is 0.462. The lowest BCUT2D eigenvalue weighted by Crippen LogP contribution is -2.25. The molecule has 1 amide bonds. The van der Waals surface area contributed by atoms with Gasteiger partial charge in [0.05, 0.1) is 11.8 Å². The van der Waals surface area contributed by atoms with Crippen molar-refractivity contribution in [1.82, 2.24) is 14.7 Å². The van der Waals surface area contributed by atoms with E-state index < -0.39 is 0 Å². The molecule has 0 saturated heterocycles. The highest BCUT2D eigenvalue weighted by Gasteiger charge is 2.18. The summed E-state index contributed by atoms with van der Waals surface area (Å²) in [6.45, 7) is 10.6. The van der Waals surface area contributed by atoms with Crippen molar-refractivity contribution in [2.75, 3.05) is 25.1 Å². The molecule has 0 aliphatic rings. The number of anilines is 1. The summed E-state index contributed by atoms with van der Waals surface area (Å²) < 4.78 is 7.51. The normalized spacial score (nSPS) is 12.3. The van der Waals surface area contributed by atoms with Gasteiger partial charge < -0.3 is 15.0 Å². The maximum Gasteiger partial charge on any atom is 0.270 e. The average Bonchev–Trinajstić information content (AvgIpc) is 3.17. The summed E-state index contributed by atoms with van der Waals surface area (Å²) >= 11 is 6.08. The molecule has 6 nitrogen and oxygen atoms in total. The van der Waals surface area contributed by atoms with Crippen LogP contribution in [-0.4, -0.2) is 41.6 Å². The first-order valence-corrected chi connectivity index (χ1v) is 12.0. The number of nitrogens with zero attached hydrogens (tertiary/aromatic N) is 3. The van der Waals surface area contributed by atoms with E-state index in [0.717, 1.165) is 36.5 Å². The Morgan fingerprint density at radius 2 is 1.94 bits per heavy atom. The van der Waals surface area contributed by atoms with E-state index in [9.17, 15) is 4.79 Å². The van der Waals surface area contributed by atoms with Crippen molar-refractivity contribution in [3.8, 4) is 0 Å². The molecule has 1 aromatic carbocycles. The van der Waals surface area contributed by atoms with E-state index in [1.165, 1.54) is 0 Å². The van der Waals surface area contributed by atoms with Gasteiger partial charge in [-0.05, 0) is 56.4 Å². The number of hydrogen-bond donors (Lipinski definition) is 1. The summed E-state index contributed by atoms with van der Waals surface area (Å²) in [5, 5.41) is 3.64. The number of imidazole rings is 1. The van der Waals surface area contributed by atoms with Crippen LogP contribution in [0.4, 0.5) is 5.69 Å². The predicted octanol–water partition coefficient (Wildman–Crippen LogP) is 5.37. The minimum absolute atomic E-state index is 0.138. The Morgan fingerprint density at radius 1 is 1.21 bits per heavy atom. The van der Waals surface area contributed by atoms with Crippen molar-refractivity contribution in [3.05, 3.63) is 64.6 Å². The number of hydrogen-bond acceptors (Lipinski definition) is 4. The van der Waals surface area contributed by atoms with Crippen LogP contribution in [0.3, 0.4) is 0 Å². The quantitative estimate of drug-likeness (QED) is 0.409. The van der Waals surface area contributed by atoms with Gasteiger partial charge in [-0.3, -0.25) is 9.20 Å². The molecule has 1 unspecified atom stereocenters. The summed E-state index contributed by atoms with van der Waals surface area (Å²) in [7, 11) is 2.11. The maximum atomic E-state index is 13.0. The molecule has 7 heteroatoms. The number of rotatable bonds is 11. The van der Waals surface area contributed by atoms with Crippen LogP contribution in [0.2, 0.25) is 5.02 Å². The number of amides is 1. The zero-order chi connectivity index (χ0) is 24.0. The van der Waals surface area contributed by atoms with Gasteiger partial charge in [0, 0.05) is 49.7 Å². The zero-order valence-electron chi connectivity index (χ0n) is 20.3. The summed E-state index contributed by atoms with van der Waals surface area (Å²) in [6, 6.07) is 11.9. The second-order valence-electron chi connectivity index (χ2n) is 8.88. The van der Waals surface area contributed by atoms with Crippen molar-refractivity contribution >= 4 is 28.8 Å². The Balaban J connectivity index is 1.56. The number of aryl methyl sites for hydroxylation is 1. The lowest BCUT2D eigenvalue weighted by molar-refractivity contribution is 0.0538. The van der Waals surface area contributed by atoms with E-state index in [-0.39, 0.29) is 12.0 Å². The molecular formula is C26H35ClN4O2. The molecule has 0 bridgehead atoms. The van der Waals surface area contributed by atoms with Gasteiger partial charge in [-0.2, -0.15) is 0 Å². The molecule has 3 aromatic rings. The molecule has 33 heavy (non-hydrogen) atoms. The summed E-state index contributed by atoms with van der Waals surface area (Å²) in [4.78, 5) is 19.8. The standard InChI is InChI=1S/C26H35ClN4O2/c1-6-23-25(31-14-12-21(27)15-24(31)29-23)26(32)28-16-20-7-9-22(10-8-20)30(5)13-11-19(4)17-33-18(2)3/h7-10,12,14-15,18-19H,6,11,13,16-17H2,1-5H3,(H,28,32). The number of nitrogens with one attached hydrogen (secondary N) is 1. The Morgan fingerprint density at radius 3 is 2.61 bits per heavy atom. The molecule has 0 aliphatic heterocycles. The van der Waals surface area contributed by atoms with Gasteiger partial charge in [0.25, 0.3) is 5.91 Å². The SMILES string of the molecule is CCc1nc2cc(Cl)ccn2c1C(=O)NCc1ccc(N(C)CCC(C)COC(C)C)cc1. The third-order valence-corrected chi connectivity index (χ3v) is 5.95. The van der Waals surface area contributed by atoms with E-state index in [1.54, 1.807) is 22.7 Å². The predicted molar refractivity (Wildman–Crippen MR) is 135 cm³/mol. The van der Waals surface area contributed by atoms with Gasteiger partial charge in [0.15, 0.2) is 0 Å². The van der Waals surface area contributed by atoms with Crippen molar-refractivity contribution < 1.29 is 9.53 Å². The molecule has 0 fully saturated rings. The monoisotopic (exact) mass is 470 g/mol. The van der Waals surface area contributed by atoms with Gasteiger partial charge >= 0.3 is 0 Å². The van der Waals surface area contributed by atoms with Crippen LogP contribution in [0.25, 0.3) is 5.65 Å². The lowest BCUT2D eigenvalue weighted by atomic mass is 10.1. The van der Waals surface area contributed by atoms with Crippen molar-refractivity contribution in [2.24, 2.45) is 5.92 Å². The molecule has 0 saturated carbocycles. The Kier molecular flexibility index (Phi) is 8.75. The summed E-state index contributed by atoms with van der Waals surface area (Å²) in [5.41, 5.74) is 4.22. The maximum absolute atomic E-state index is 13.0. The third-order valence-electron chi connectivity index (χ3n) is 5.71. The van der Waals surface area contributed by atoms with Crippen molar-refractivity contribution in [2.45, 2.75) is 53.2 Å². The smallest absolute Gasteiger partial charge is 0.270 e. The number of carbonyl (C=O) groups excluding carboxylic acids is 1. The van der Waals surface area contributed by atoms with Crippen LogP contribution < -0.4 is 10.2 Å². The number of pyridine rings is 1. The number of aromatic nitrogens is 2. The van der Waals surface area contributed by atoms with Crippen LogP contribution >= 0.6 is 11.6 Å². The minimum Gasteiger partial charge on any atom is -0.379 e. The van der Waals surface area contributed by atoms with Crippen LogP contribution in [-0.2, 0) is 17.7 Å². The highest BCUT2D eigenvalue weighted by atomic mass is 35.5. The molecule has 178 valence electrons. The Bertz CT molecular complexity index is 1060. The number of halogens is 1. The molecule has 0 aliphatic carbocycles. The van der Waals surface area contributed by atoms with Crippen LogP contribution in [0.15, 0.2) is 42.6 Å². The molecule has 3 rings (SSSR count). The molecule has 0 radical (unpaired) electrons. The Labute approximate surface area is 201 Å². The molecule has 2 aromatic heterocycles. The third kappa shape index (κ3) is 6.71. The van der Waals surface area contributed by atoms with Crippen LogP contribution in [0, 0.1) is 5.92 Å². The molecule has 1 N–H and O–H groups in total. The molecule has 0 spiro atoms. The van der Waals surface area contributed by atoms with Gasteiger partial charge in [0.2, 0.25) is 0 Å². The van der Waals surface area contributed by atoms with Gasteiger partial charge in [-0.1, -0.05) is 37.6 Å². The molecule has 2 heterocycles. The fourth-order valence-corrected chi connectivity index (χ4v) is 3.83. The average molecular weight is 471 g/mol. The highest BCUT2D eigenvalue weighted by molar-refractivity contribution is 6.30. The van der Waals surface area contributed by atoms with Crippen molar-refractivity contribution in [3.63, 3.8) is 0 Å². The first kappa shape index (κ1) is 25.1. The fourth-order valence-electron chi connectivity index (χ4n) is 3.67. The van der Waals surface area contributed by atoms with E-state index in [2.05, 4.69) is 67.3 Å². The van der Waals surface area contributed by atoms with Gasteiger partial charge in [0.1, 0.15) is 11.3 Å². The number of ether oxygens (including phenoxy) is 1. The number of benzene rings is 1. The van der Waals surface area contributed by atoms with Crippen LogP contribution in [0.5, 0.6) is 0 Å². The zero-order valence-corrected chi connectivity index (χ0v) is 21.0. The number of carbonyl (C=O) groups is 1. The lowest BCUT2D eigenvalue weighted by Gasteiger charge is -2.22. The van der Waals surface area contributed by atoms with Gasteiger partial charge in [-0.25, -0.2) is 4.98 Å². The summed E-state index contributed by atoms with van der Waals surface area (Å²) in [6.07, 6.45) is 3.81. The topological polar surface area (TPSA) is 58.9 Å². The second kappa shape index (κ2) is 11.5. The Hall–Kier alpha value is -2.57. The highest BCUT2D eigenvalue weighted by Crippen LogP contribution is 2.19. The first-order chi connectivity index (χ1) is 15.8. The largest absolute Gasteiger partial charge is 0.379 e. The molecule has 1 atom stereocenters. The van der Waals surface area contributed by atoms with E-state index >= 15 is 0 Å². The van der Waals surface area contributed by atoms with Crippen molar-refractivity contribution in [1.29, 1.82) is 0 Å².